The molecular formula is C20H19BrN4O3. The number of carbonyl (C=O) groups excluding carboxylic acids is 2. The van der Waals surface area contributed by atoms with E-state index >= 15 is 0 Å². The summed E-state index contributed by atoms with van der Waals surface area (Å²) in [6, 6.07) is 12.3. The van der Waals surface area contributed by atoms with Crippen LogP contribution in [-0.2, 0) is 9.53 Å². The average Bonchev–Trinajstić information content (AvgIpc) is 3.01. The number of halogens is 1. The van der Waals surface area contributed by atoms with Crippen molar-refractivity contribution in [2.75, 3.05) is 5.32 Å². The monoisotopic (exact) mass is 442 g/mol. The van der Waals surface area contributed by atoms with Crippen molar-refractivity contribution < 1.29 is 14.3 Å². The quantitative estimate of drug-likeness (QED) is 0.606. The predicted molar refractivity (Wildman–Crippen MR) is 108 cm³/mol. The van der Waals surface area contributed by atoms with Gasteiger partial charge in [0.2, 0.25) is 0 Å². The van der Waals surface area contributed by atoms with Crippen LogP contribution in [0.4, 0.5) is 5.69 Å². The van der Waals surface area contributed by atoms with Crippen LogP contribution in [0.25, 0.3) is 5.82 Å². The van der Waals surface area contributed by atoms with Crippen LogP contribution < -0.4 is 5.32 Å². The van der Waals surface area contributed by atoms with Crippen molar-refractivity contribution >= 4 is 33.5 Å². The molecule has 1 atom stereocenters. The summed E-state index contributed by atoms with van der Waals surface area (Å²) < 4.78 is 7.84. The van der Waals surface area contributed by atoms with E-state index in [1.165, 1.54) is 13.1 Å². The Hall–Kier alpha value is -3.00. The number of ether oxygens (including phenoxy) is 1. The van der Waals surface area contributed by atoms with Crippen LogP contribution >= 0.6 is 15.9 Å². The molecule has 8 heteroatoms. The first-order valence-electron chi connectivity index (χ1n) is 8.60. The molecular weight excluding hydrogens is 424 g/mol. The second-order valence-electron chi connectivity index (χ2n) is 6.29. The summed E-state index contributed by atoms with van der Waals surface area (Å²) >= 11 is 3.33. The largest absolute Gasteiger partial charge is 0.449 e. The van der Waals surface area contributed by atoms with Gasteiger partial charge in [-0.2, -0.15) is 5.10 Å². The molecule has 3 aromatic rings. The Labute approximate surface area is 170 Å². The topological polar surface area (TPSA) is 86.1 Å². The van der Waals surface area contributed by atoms with Crippen molar-refractivity contribution in [3.63, 3.8) is 0 Å². The number of aromatic nitrogens is 3. The Bertz CT molecular complexity index is 997. The maximum Gasteiger partial charge on any atom is 0.340 e. The van der Waals surface area contributed by atoms with Crippen molar-refractivity contribution in [3.8, 4) is 5.82 Å². The highest BCUT2D eigenvalue weighted by Gasteiger charge is 2.19. The van der Waals surface area contributed by atoms with Gasteiger partial charge in [-0.3, -0.25) is 4.79 Å². The number of rotatable bonds is 5. The number of aryl methyl sites for hydroxylation is 2. The van der Waals surface area contributed by atoms with Crippen LogP contribution in [0.1, 0.15) is 28.7 Å². The van der Waals surface area contributed by atoms with Crippen LogP contribution in [0, 0.1) is 13.8 Å². The zero-order valence-electron chi connectivity index (χ0n) is 15.6. The van der Waals surface area contributed by atoms with E-state index in [4.69, 9.17) is 4.74 Å². The van der Waals surface area contributed by atoms with Crippen molar-refractivity contribution in [3.05, 3.63) is 70.1 Å². The SMILES string of the molecule is Cc1cc(C)n(-c2ccc(C(=O)OC(C)C(=O)Nc3ccc(Br)cc3)cn2)n1. The molecule has 0 aliphatic carbocycles. The molecule has 1 amide bonds. The van der Waals surface area contributed by atoms with Gasteiger partial charge in [-0.15, -0.1) is 0 Å². The molecule has 0 saturated heterocycles. The molecule has 0 aliphatic rings. The van der Waals surface area contributed by atoms with Gasteiger partial charge in [-0.25, -0.2) is 14.5 Å². The van der Waals surface area contributed by atoms with Crippen LogP contribution in [0.2, 0.25) is 0 Å². The third-order valence-corrected chi connectivity index (χ3v) is 4.50. The molecule has 2 aromatic heterocycles. The summed E-state index contributed by atoms with van der Waals surface area (Å²) in [6.45, 7) is 5.34. The molecule has 0 bridgehead atoms. The van der Waals surface area contributed by atoms with Crippen molar-refractivity contribution in [2.24, 2.45) is 0 Å². The van der Waals surface area contributed by atoms with E-state index < -0.39 is 18.0 Å². The van der Waals surface area contributed by atoms with Gasteiger partial charge in [-0.05, 0) is 63.2 Å². The Morgan fingerprint density at radius 2 is 1.86 bits per heavy atom. The Morgan fingerprint density at radius 1 is 1.14 bits per heavy atom. The number of amides is 1. The van der Waals surface area contributed by atoms with Gasteiger partial charge in [0.25, 0.3) is 5.91 Å². The lowest BCUT2D eigenvalue weighted by Crippen LogP contribution is -2.30. The smallest absolute Gasteiger partial charge is 0.340 e. The van der Waals surface area contributed by atoms with E-state index in [1.807, 2.05) is 32.0 Å². The first-order chi connectivity index (χ1) is 13.3. The number of carbonyl (C=O) groups is 2. The molecule has 7 nitrogen and oxygen atoms in total. The van der Waals surface area contributed by atoms with Gasteiger partial charge in [0.15, 0.2) is 11.9 Å². The molecule has 0 aliphatic heterocycles. The summed E-state index contributed by atoms with van der Waals surface area (Å²) in [5.41, 5.74) is 2.70. The lowest BCUT2D eigenvalue weighted by molar-refractivity contribution is -0.123. The molecule has 1 unspecified atom stereocenters. The minimum atomic E-state index is -0.952. The van der Waals surface area contributed by atoms with E-state index in [0.29, 0.717) is 11.5 Å². The fraction of sp³-hybridized carbons (Fsp3) is 0.200. The van der Waals surface area contributed by atoms with Gasteiger partial charge < -0.3 is 10.1 Å². The fourth-order valence-electron chi connectivity index (χ4n) is 2.55. The third kappa shape index (κ3) is 4.64. The summed E-state index contributed by atoms with van der Waals surface area (Å²) in [5, 5.41) is 7.05. The van der Waals surface area contributed by atoms with Gasteiger partial charge >= 0.3 is 5.97 Å². The number of esters is 1. The van der Waals surface area contributed by atoms with Gasteiger partial charge in [-0.1, -0.05) is 15.9 Å². The lowest BCUT2D eigenvalue weighted by Gasteiger charge is -2.13. The first-order valence-corrected chi connectivity index (χ1v) is 9.40. The number of hydrogen-bond acceptors (Lipinski definition) is 5. The Balaban J connectivity index is 1.62. The van der Waals surface area contributed by atoms with Crippen LogP contribution in [0.5, 0.6) is 0 Å². The maximum absolute atomic E-state index is 12.3. The predicted octanol–water partition coefficient (Wildman–Crippen LogP) is 3.83. The molecule has 0 spiro atoms. The van der Waals surface area contributed by atoms with Gasteiger partial charge in [0.1, 0.15) is 0 Å². The molecule has 144 valence electrons. The van der Waals surface area contributed by atoms with Gasteiger partial charge in [0, 0.05) is 22.1 Å². The van der Waals surface area contributed by atoms with Gasteiger partial charge in [0.05, 0.1) is 11.3 Å². The molecule has 0 fully saturated rings. The minimum Gasteiger partial charge on any atom is -0.449 e. The van der Waals surface area contributed by atoms with Crippen molar-refractivity contribution in [2.45, 2.75) is 26.9 Å². The normalized spacial score (nSPS) is 11.7. The lowest BCUT2D eigenvalue weighted by atomic mass is 10.2. The Kier molecular flexibility index (Phi) is 5.89. The number of nitrogens with one attached hydrogen (secondary N) is 1. The second kappa shape index (κ2) is 8.35. The summed E-state index contributed by atoms with van der Waals surface area (Å²) in [4.78, 5) is 28.8. The van der Waals surface area contributed by atoms with Crippen molar-refractivity contribution in [1.29, 1.82) is 0 Å². The van der Waals surface area contributed by atoms with E-state index in [1.54, 1.807) is 28.9 Å². The molecule has 28 heavy (non-hydrogen) atoms. The number of anilines is 1. The second-order valence-corrected chi connectivity index (χ2v) is 7.20. The summed E-state index contributed by atoms with van der Waals surface area (Å²) in [5.74, 6) is -0.433. The fourth-order valence-corrected chi connectivity index (χ4v) is 2.82. The highest BCUT2D eigenvalue weighted by molar-refractivity contribution is 9.10. The summed E-state index contributed by atoms with van der Waals surface area (Å²) in [6.07, 6.45) is 0.458. The molecule has 0 radical (unpaired) electrons. The van der Waals surface area contributed by atoms with Crippen LogP contribution in [0.15, 0.2) is 53.1 Å². The third-order valence-electron chi connectivity index (χ3n) is 3.97. The minimum absolute atomic E-state index is 0.258. The molecule has 1 aromatic carbocycles. The summed E-state index contributed by atoms with van der Waals surface area (Å²) in [7, 11) is 0. The molecule has 0 saturated carbocycles. The van der Waals surface area contributed by atoms with Crippen molar-refractivity contribution in [1.82, 2.24) is 14.8 Å². The number of hydrogen-bond donors (Lipinski definition) is 1. The number of nitrogens with zero attached hydrogens (tertiary/aromatic N) is 3. The highest BCUT2D eigenvalue weighted by Crippen LogP contribution is 2.15. The Morgan fingerprint density at radius 3 is 2.43 bits per heavy atom. The van der Waals surface area contributed by atoms with E-state index in [9.17, 15) is 9.59 Å². The zero-order chi connectivity index (χ0) is 20.3. The molecule has 1 N–H and O–H groups in total. The van der Waals surface area contributed by atoms with Crippen LogP contribution in [0.3, 0.4) is 0 Å². The number of benzene rings is 1. The highest BCUT2D eigenvalue weighted by atomic mass is 79.9. The number of pyridine rings is 1. The molecule has 3 rings (SSSR count). The zero-order valence-corrected chi connectivity index (χ0v) is 17.2. The van der Waals surface area contributed by atoms with E-state index in [2.05, 4.69) is 31.3 Å². The first kappa shape index (κ1) is 19.8. The van der Waals surface area contributed by atoms with Crippen LogP contribution in [-0.4, -0.2) is 32.7 Å². The average molecular weight is 443 g/mol. The van der Waals surface area contributed by atoms with E-state index in [-0.39, 0.29) is 5.56 Å². The standard InChI is InChI=1S/C20H19BrN4O3/c1-12-10-13(2)25(24-12)18-9-4-15(11-22-18)20(27)28-14(3)19(26)23-17-7-5-16(21)6-8-17/h4-11,14H,1-3H3,(H,23,26). The van der Waals surface area contributed by atoms with E-state index in [0.717, 1.165) is 15.9 Å². The molecule has 2 heterocycles. The maximum atomic E-state index is 12.3.